The van der Waals surface area contributed by atoms with E-state index in [1.165, 1.54) is 41.9 Å². The lowest BCUT2D eigenvalue weighted by Crippen LogP contribution is -2.15. The molecule has 0 spiro atoms. The second kappa shape index (κ2) is 7.45. The molecule has 2 aromatic heterocycles. The highest BCUT2D eigenvalue weighted by molar-refractivity contribution is 7.14. The van der Waals surface area contributed by atoms with Crippen LogP contribution in [0, 0.1) is 5.82 Å². The van der Waals surface area contributed by atoms with E-state index in [-0.39, 0.29) is 23.1 Å². The lowest BCUT2D eigenvalue weighted by atomic mass is 10.2. The maximum absolute atomic E-state index is 13.1. The number of nitrogens with one attached hydrogen (secondary N) is 2. The minimum Gasteiger partial charge on any atom is -0.459 e. The molecular formula is C16H11ClFN3O3S. The van der Waals surface area contributed by atoms with Crippen molar-refractivity contribution in [2.24, 2.45) is 0 Å². The molecule has 0 saturated heterocycles. The normalized spacial score (nSPS) is 10.5. The Morgan fingerprint density at radius 1 is 1.28 bits per heavy atom. The van der Waals surface area contributed by atoms with Crippen LogP contribution in [0.4, 0.5) is 15.2 Å². The minimum absolute atomic E-state index is 0.00210. The van der Waals surface area contributed by atoms with Crippen LogP contribution in [-0.4, -0.2) is 16.8 Å². The van der Waals surface area contributed by atoms with Crippen LogP contribution >= 0.6 is 22.9 Å². The van der Waals surface area contributed by atoms with Gasteiger partial charge in [0.25, 0.3) is 5.91 Å². The summed E-state index contributed by atoms with van der Waals surface area (Å²) in [6.07, 6.45) is 1.40. The minimum atomic E-state index is -0.559. The van der Waals surface area contributed by atoms with Crippen LogP contribution in [0.1, 0.15) is 16.2 Å². The van der Waals surface area contributed by atoms with E-state index in [2.05, 4.69) is 15.6 Å². The standard InChI is InChI=1S/C16H11ClFN3O3S/c17-11-6-9(3-4-12(11)18)19-14(22)7-10-8-25-16(20-10)21-15(23)13-2-1-5-24-13/h1-6,8H,7H2,(H,19,22)(H,20,21,23). The molecular weight excluding hydrogens is 369 g/mol. The molecule has 2 heterocycles. The summed E-state index contributed by atoms with van der Waals surface area (Å²) in [7, 11) is 0. The highest BCUT2D eigenvalue weighted by Gasteiger charge is 2.13. The van der Waals surface area contributed by atoms with Crippen molar-refractivity contribution >= 4 is 45.6 Å². The molecule has 3 rings (SSSR count). The van der Waals surface area contributed by atoms with E-state index in [1.54, 1.807) is 11.4 Å². The van der Waals surface area contributed by atoms with Gasteiger partial charge in [0, 0.05) is 11.1 Å². The van der Waals surface area contributed by atoms with E-state index in [0.29, 0.717) is 16.5 Å². The van der Waals surface area contributed by atoms with E-state index in [4.69, 9.17) is 16.0 Å². The lowest BCUT2D eigenvalue weighted by molar-refractivity contribution is -0.115. The molecule has 1 aromatic carbocycles. The second-order valence-corrected chi connectivity index (χ2v) is 6.19. The van der Waals surface area contributed by atoms with Crippen LogP contribution in [-0.2, 0) is 11.2 Å². The number of carbonyl (C=O) groups excluding carboxylic acids is 2. The Hall–Kier alpha value is -2.71. The van der Waals surface area contributed by atoms with Gasteiger partial charge in [0.05, 0.1) is 23.4 Å². The summed E-state index contributed by atoms with van der Waals surface area (Å²) in [6.45, 7) is 0. The van der Waals surface area contributed by atoms with Crippen LogP contribution in [0.15, 0.2) is 46.4 Å². The Labute approximate surface area is 150 Å². The smallest absolute Gasteiger partial charge is 0.293 e. The maximum Gasteiger partial charge on any atom is 0.293 e. The average molecular weight is 380 g/mol. The Morgan fingerprint density at radius 2 is 2.12 bits per heavy atom. The number of rotatable bonds is 5. The van der Waals surface area contributed by atoms with Gasteiger partial charge < -0.3 is 9.73 Å². The molecule has 2 N–H and O–H groups in total. The predicted molar refractivity (Wildman–Crippen MR) is 92.5 cm³/mol. The molecule has 0 radical (unpaired) electrons. The Morgan fingerprint density at radius 3 is 2.84 bits per heavy atom. The number of halogens is 2. The number of hydrogen-bond donors (Lipinski definition) is 2. The van der Waals surface area contributed by atoms with Gasteiger partial charge >= 0.3 is 0 Å². The van der Waals surface area contributed by atoms with E-state index in [0.717, 1.165) is 0 Å². The van der Waals surface area contributed by atoms with Gasteiger partial charge in [-0.25, -0.2) is 9.37 Å². The number of benzene rings is 1. The number of nitrogens with zero attached hydrogens (tertiary/aromatic N) is 1. The summed E-state index contributed by atoms with van der Waals surface area (Å²) in [4.78, 5) is 28.0. The fourth-order valence-electron chi connectivity index (χ4n) is 1.96. The molecule has 9 heteroatoms. The fraction of sp³-hybridized carbons (Fsp3) is 0.0625. The van der Waals surface area contributed by atoms with Gasteiger partial charge in [0.1, 0.15) is 5.82 Å². The molecule has 0 bridgehead atoms. The molecule has 0 saturated carbocycles. The first-order valence-electron chi connectivity index (χ1n) is 7.05. The topological polar surface area (TPSA) is 84.2 Å². The fourth-order valence-corrected chi connectivity index (χ4v) is 2.84. The molecule has 0 fully saturated rings. The van der Waals surface area contributed by atoms with Crippen LogP contribution < -0.4 is 10.6 Å². The van der Waals surface area contributed by atoms with Crippen molar-refractivity contribution in [1.29, 1.82) is 0 Å². The highest BCUT2D eigenvalue weighted by atomic mass is 35.5. The van der Waals surface area contributed by atoms with E-state index < -0.39 is 11.7 Å². The van der Waals surface area contributed by atoms with Crippen molar-refractivity contribution < 1.29 is 18.4 Å². The van der Waals surface area contributed by atoms with Crippen LogP contribution in [0.5, 0.6) is 0 Å². The van der Waals surface area contributed by atoms with Gasteiger partial charge in [-0.3, -0.25) is 14.9 Å². The number of hydrogen-bond acceptors (Lipinski definition) is 5. The summed E-state index contributed by atoms with van der Waals surface area (Å²) in [5, 5.41) is 7.13. The zero-order chi connectivity index (χ0) is 17.8. The van der Waals surface area contributed by atoms with Crippen molar-refractivity contribution in [2.75, 3.05) is 10.6 Å². The van der Waals surface area contributed by atoms with Crippen LogP contribution in [0.2, 0.25) is 5.02 Å². The molecule has 25 heavy (non-hydrogen) atoms. The number of carbonyl (C=O) groups is 2. The van der Waals surface area contributed by atoms with Gasteiger partial charge in [-0.1, -0.05) is 11.6 Å². The Bertz CT molecular complexity index is 911. The number of aromatic nitrogens is 1. The zero-order valence-corrected chi connectivity index (χ0v) is 14.2. The van der Waals surface area contributed by atoms with Crippen molar-refractivity contribution in [3.63, 3.8) is 0 Å². The quantitative estimate of drug-likeness (QED) is 0.702. The van der Waals surface area contributed by atoms with Crippen molar-refractivity contribution in [1.82, 2.24) is 4.98 Å². The first-order valence-corrected chi connectivity index (χ1v) is 8.31. The highest BCUT2D eigenvalue weighted by Crippen LogP contribution is 2.20. The number of amides is 2. The number of furan rings is 1. The van der Waals surface area contributed by atoms with Crippen molar-refractivity contribution in [3.8, 4) is 0 Å². The monoisotopic (exact) mass is 379 g/mol. The number of anilines is 2. The average Bonchev–Trinajstić information content (AvgIpc) is 3.23. The van der Waals surface area contributed by atoms with Gasteiger partial charge in [-0.2, -0.15) is 0 Å². The summed E-state index contributed by atoms with van der Waals surface area (Å²) >= 11 is 6.86. The van der Waals surface area contributed by atoms with Crippen molar-refractivity contribution in [2.45, 2.75) is 6.42 Å². The maximum atomic E-state index is 13.1. The molecule has 128 valence electrons. The first kappa shape index (κ1) is 17.1. The van der Waals surface area contributed by atoms with E-state index in [9.17, 15) is 14.0 Å². The van der Waals surface area contributed by atoms with E-state index in [1.807, 2.05) is 0 Å². The Kier molecular flexibility index (Phi) is 5.11. The third-order valence-corrected chi connectivity index (χ3v) is 4.16. The van der Waals surface area contributed by atoms with Crippen LogP contribution in [0.3, 0.4) is 0 Å². The van der Waals surface area contributed by atoms with Crippen molar-refractivity contribution in [3.05, 3.63) is 64.3 Å². The largest absolute Gasteiger partial charge is 0.459 e. The molecule has 0 atom stereocenters. The molecule has 3 aromatic rings. The zero-order valence-electron chi connectivity index (χ0n) is 12.6. The first-order chi connectivity index (χ1) is 12.0. The molecule has 2 amide bonds. The number of thiazole rings is 1. The van der Waals surface area contributed by atoms with E-state index >= 15 is 0 Å². The molecule has 0 aliphatic rings. The Balaban J connectivity index is 1.58. The summed E-state index contributed by atoms with van der Waals surface area (Å²) < 4.78 is 18.1. The third-order valence-electron chi connectivity index (χ3n) is 3.06. The van der Waals surface area contributed by atoms with Crippen LogP contribution in [0.25, 0.3) is 0 Å². The van der Waals surface area contributed by atoms with Gasteiger partial charge in [-0.05, 0) is 30.3 Å². The summed E-state index contributed by atoms with van der Waals surface area (Å²) in [6, 6.07) is 7.04. The lowest BCUT2D eigenvalue weighted by Gasteiger charge is -2.04. The second-order valence-electron chi connectivity index (χ2n) is 4.93. The predicted octanol–water partition coefficient (Wildman–Crippen LogP) is 3.96. The summed E-state index contributed by atoms with van der Waals surface area (Å²) in [5.74, 6) is -1.15. The SMILES string of the molecule is O=C(Cc1csc(NC(=O)c2ccco2)n1)Nc1ccc(F)c(Cl)c1. The third kappa shape index (κ3) is 4.43. The molecule has 0 unspecified atom stereocenters. The van der Waals surface area contributed by atoms with Gasteiger partial charge in [0.15, 0.2) is 10.9 Å². The van der Waals surface area contributed by atoms with Gasteiger partial charge in [0.2, 0.25) is 5.91 Å². The van der Waals surface area contributed by atoms with Gasteiger partial charge in [-0.15, -0.1) is 11.3 Å². The molecule has 0 aliphatic carbocycles. The molecule has 0 aliphatic heterocycles. The summed E-state index contributed by atoms with van der Waals surface area (Å²) in [5.41, 5.74) is 0.878. The molecule has 6 nitrogen and oxygen atoms in total.